The molecule has 2 aromatic carbocycles. The molecule has 2 saturated heterocycles. The summed E-state index contributed by atoms with van der Waals surface area (Å²) >= 11 is 0. The smallest absolute Gasteiger partial charge is 0.262 e. The largest absolute Gasteiger partial charge is 0.388 e. The van der Waals surface area contributed by atoms with Crippen LogP contribution in [0.4, 0.5) is 11.4 Å². The van der Waals surface area contributed by atoms with Gasteiger partial charge in [0, 0.05) is 74.5 Å². The van der Waals surface area contributed by atoms with E-state index in [0.29, 0.717) is 23.7 Å². The van der Waals surface area contributed by atoms with E-state index in [1.165, 1.54) is 6.21 Å². The number of amides is 4. The topological polar surface area (TPSA) is 173 Å². The summed E-state index contributed by atoms with van der Waals surface area (Å²) in [6.07, 6.45) is 6.91. The van der Waals surface area contributed by atoms with E-state index in [1.807, 2.05) is 12.3 Å². The number of hydrogen-bond acceptors (Lipinski definition) is 11. The Morgan fingerprint density at radius 2 is 1.80 bits per heavy atom. The Bertz CT molecular complexity index is 1780. The Morgan fingerprint density at radius 3 is 2.59 bits per heavy atom. The van der Waals surface area contributed by atoms with Crippen LogP contribution in [0.2, 0.25) is 0 Å². The molecule has 0 radical (unpaired) electrons. The van der Waals surface area contributed by atoms with Crippen LogP contribution in [0.25, 0.3) is 16.6 Å². The van der Waals surface area contributed by atoms with Gasteiger partial charge in [-0.25, -0.2) is 4.98 Å². The molecule has 7 rings (SSSR count). The van der Waals surface area contributed by atoms with Crippen molar-refractivity contribution >= 4 is 57.8 Å². The third-order valence-electron chi connectivity index (χ3n) is 9.20. The van der Waals surface area contributed by atoms with Gasteiger partial charge in [-0.3, -0.25) is 34.4 Å². The number of carbonyl (C=O) groups is 4. The maximum absolute atomic E-state index is 13.1. The van der Waals surface area contributed by atoms with Gasteiger partial charge in [-0.2, -0.15) is 0 Å². The van der Waals surface area contributed by atoms with E-state index >= 15 is 0 Å². The van der Waals surface area contributed by atoms with Crippen molar-refractivity contribution < 1.29 is 19.2 Å². The molecule has 4 amide bonds. The monoisotopic (exact) mass is 621 g/mol. The van der Waals surface area contributed by atoms with Crippen molar-refractivity contribution in [2.24, 2.45) is 5.92 Å². The molecule has 4 aliphatic rings. The Labute approximate surface area is 265 Å². The molecule has 3 aromatic rings. The van der Waals surface area contributed by atoms with E-state index in [2.05, 4.69) is 43.3 Å². The van der Waals surface area contributed by atoms with Crippen LogP contribution in [-0.4, -0.2) is 89.5 Å². The number of aromatic nitrogens is 2. The number of imide groups is 2. The predicted octanol–water partition coefficient (Wildman–Crippen LogP) is 1.91. The van der Waals surface area contributed by atoms with Crippen molar-refractivity contribution in [1.29, 1.82) is 5.41 Å². The molecule has 1 saturated carbocycles. The van der Waals surface area contributed by atoms with Crippen molar-refractivity contribution in [3.8, 4) is 0 Å². The molecule has 0 spiro atoms. The van der Waals surface area contributed by atoms with Gasteiger partial charge in [0.05, 0.1) is 34.1 Å². The lowest BCUT2D eigenvalue weighted by Crippen LogP contribution is -2.54. The summed E-state index contributed by atoms with van der Waals surface area (Å²) in [5, 5.41) is 20.4. The molecule has 4 heterocycles. The average Bonchev–Trinajstić information content (AvgIpc) is 3.30. The minimum Gasteiger partial charge on any atom is -0.388 e. The van der Waals surface area contributed by atoms with Crippen LogP contribution >= 0.6 is 0 Å². The minimum absolute atomic E-state index is 0.0853. The molecule has 0 bridgehead atoms. The minimum atomic E-state index is -0.980. The van der Waals surface area contributed by atoms with Crippen LogP contribution in [0.5, 0.6) is 0 Å². The van der Waals surface area contributed by atoms with E-state index in [1.54, 1.807) is 24.4 Å². The lowest BCUT2D eigenvalue weighted by molar-refractivity contribution is -0.136. The second-order valence-electron chi connectivity index (χ2n) is 12.2. The fourth-order valence-corrected chi connectivity index (χ4v) is 6.54. The molecule has 1 unspecified atom stereocenters. The highest BCUT2D eigenvalue weighted by Crippen LogP contribution is 2.32. The Kier molecular flexibility index (Phi) is 7.91. The van der Waals surface area contributed by atoms with Crippen molar-refractivity contribution in [3.05, 3.63) is 65.6 Å². The van der Waals surface area contributed by atoms with Crippen molar-refractivity contribution in [2.45, 2.75) is 37.8 Å². The Morgan fingerprint density at radius 1 is 1.00 bits per heavy atom. The van der Waals surface area contributed by atoms with Crippen molar-refractivity contribution in [3.63, 3.8) is 0 Å². The van der Waals surface area contributed by atoms with Gasteiger partial charge in [0.25, 0.3) is 11.8 Å². The summed E-state index contributed by atoms with van der Waals surface area (Å²) < 4.78 is 0. The van der Waals surface area contributed by atoms with Crippen LogP contribution < -0.4 is 26.2 Å². The van der Waals surface area contributed by atoms with Crippen LogP contribution in [0.1, 0.15) is 52.1 Å². The first-order valence-corrected chi connectivity index (χ1v) is 15.7. The molecular weight excluding hydrogens is 586 g/mol. The van der Waals surface area contributed by atoms with E-state index < -0.39 is 29.7 Å². The standard InChI is InChI=1S/C33H35N9O4/c34-15-20(28-18-38-26-4-2-23(14-27(26)39-28)41-9-7-35-8-10-41)17-37-22-11-19(12-22)16-36-21-1-3-24-25(13-21)33(46)42(32(24)45)29-5-6-30(43)40-31(29)44/h1-4,13-15,17-19,22,29,34-37H,5-12,16H2,(H,40,43,44)/b20-17+,34-15?/t19-,22+,29?. The second kappa shape index (κ2) is 12.3. The molecule has 46 heavy (non-hydrogen) atoms. The zero-order valence-electron chi connectivity index (χ0n) is 25.2. The lowest BCUT2D eigenvalue weighted by atomic mass is 9.80. The zero-order chi connectivity index (χ0) is 31.8. The summed E-state index contributed by atoms with van der Waals surface area (Å²) in [5.74, 6) is -1.64. The maximum atomic E-state index is 13.1. The zero-order valence-corrected chi connectivity index (χ0v) is 25.2. The molecule has 1 aromatic heterocycles. The van der Waals surface area contributed by atoms with Gasteiger partial charge < -0.3 is 26.3 Å². The molecular formula is C33H35N9O4. The number of carbonyl (C=O) groups excluding carboxylic acids is 4. The summed E-state index contributed by atoms with van der Waals surface area (Å²) in [6.45, 7) is 4.51. The number of nitrogens with zero attached hydrogens (tertiary/aromatic N) is 4. The number of benzene rings is 2. The third kappa shape index (κ3) is 5.69. The first kappa shape index (κ1) is 29.5. The van der Waals surface area contributed by atoms with E-state index in [9.17, 15) is 19.2 Å². The lowest BCUT2D eigenvalue weighted by Gasteiger charge is -2.36. The van der Waals surface area contributed by atoms with Gasteiger partial charge in [0.15, 0.2) is 0 Å². The quantitative estimate of drug-likeness (QED) is 0.176. The molecule has 5 N–H and O–H groups in total. The van der Waals surface area contributed by atoms with E-state index in [-0.39, 0.29) is 30.0 Å². The fourth-order valence-electron chi connectivity index (χ4n) is 6.54. The first-order valence-electron chi connectivity index (χ1n) is 15.7. The number of allylic oxidation sites excluding steroid dienone is 1. The molecule has 236 valence electrons. The van der Waals surface area contributed by atoms with Crippen LogP contribution in [0, 0.1) is 11.3 Å². The first-order chi connectivity index (χ1) is 22.4. The second-order valence-corrected chi connectivity index (χ2v) is 12.2. The average molecular weight is 622 g/mol. The third-order valence-corrected chi connectivity index (χ3v) is 9.20. The van der Waals surface area contributed by atoms with Gasteiger partial charge in [0.2, 0.25) is 11.8 Å². The SMILES string of the molecule is N=C/C(=C\N[C@H]1C[C@@H](CNc2ccc3c(c2)C(=O)N(C2CCC(=O)NC2=O)C3=O)C1)c1cnc2ccc(N3CCNCC3)cc2n1. The van der Waals surface area contributed by atoms with Crippen LogP contribution in [-0.2, 0) is 9.59 Å². The van der Waals surface area contributed by atoms with Crippen molar-refractivity contribution in [1.82, 2.24) is 30.8 Å². The highest BCUT2D eigenvalue weighted by Gasteiger charge is 2.44. The molecule has 1 atom stereocenters. The maximum Gasteiger partial charge on any atom is 0.262 e. The number of piperazine rings is 1. The van der Waals surface area contributed by atoms with Gasteiger partial charge in [-0.1, -0.05) is 0 Å². The van der Waals surface area contributed by atoms with Crippen LogP contribution in [0.15, 0.2) is 48.8 Å². The summed E-state index contributed by atoms with van der Waals surface area (Å²) in [7, 11) is 0. The Balaban J connectivity index is 0.930. The molecule has 13 heteroatoms. The number of anilines is 2. The fraction of sp³-hybridized carbons (Fsp3) is 0.364. The number of rotatable bonds is 9. The number of hydrogen-bond donors (Lipinski definition) is 5. The highest BCUT2D eigenvalue weighted by atomic mass is 16.2. The van der Waals surface area contributed by atoms with Gasteiger partial charge in [0.1, 0.15) is 6.04 Å². The predicted molar refractivity (Wildman–Crippen MR) is 173 cm³/mol. The number of piperidine rings is 1. The highest BCUT2D eigenvalue weighted by molar-refractivity contribution is 6.23. The summed E-state index contributed by atoms with van der Waals surface area (Å²) in [6, 6.07) is 10.5. The van der Waals surface area contributed by atoms with Crippen molar-refractivity contribution in [2.75, 3.05) is 42.9 Å². The van der Waals surface area contributed by atoms with E-state index in [0.717, 1.165) is 66.3 Å². The van der Waals surface area contributed by atoms with Gasteiger partial charge >= 0.3 is 0 Å². The van der Waals surface area contributed by atoms with E-state index in [4.69, 9.17) is 10.4 Å². The van der Waals surface area contributed by atoms with Gasteiger partial charge in [-0.15, -0.1) is 0 Å². The number of nitrogens with one attached hydrogen (secondary N) is 5. The van der Waals surface area contributed by atoms with Crippen LogP contribution in [0.3, 0.4) is 0 Å². The molecule has 13 nitrogen and oxygen atoms in total. The Hall–Kier alpha value is -5.17. The molecule has 1 aliphatic carbocycles. The summed E-state index contributed by atoms with van der Waals surface area (Å²) in [4.78, 5) is 62.6. The summed E-state index contributed by atoms with van der Waals surface area (Å²) in [5.41, 5.74) is 5.30. The number of fused-ring (bicyclic) bond motifs is 2. The molecule has 3 aliphatic heterocycles. The van der Waals surface area contributed by atoms with Gasteiger partial charge in [-0.05, 0) is 61.6 Å². The molecule has 3 fully saturated rings. The normalized spacial score (nSPS) is 23.2.